The van der Waals surface area contributed by atoms with E-state index < -0.39 is 17.1 Å². The number of methoxy groups -OCH3 is 2. The van der Waals surface area contributed by atoms with Crippen molar-refractivity contribution in [3.05, 3.63) is 125 Å². The number of carbonyl (C=O) groups excluding carboxylic acids is 3. The molecule has 0 aliphatic rings. The third kappa shape index (κ3) is 8.87. The molecule has 0 saturated heterocycles. The van der Waals surface area contributed by atoms with Crippen molar-refractivity contribution >= 4 is 57.7 Å². The van der Waals surface area contributed by atoms with E-state index in [1.807, 2.05) is 41.8 Å². The summed E-state index contributed by atoms with van der Waals surface area (Å²) in [4.78, 5) is 44.9. The van der Waals surface area contributed by atoms with Gasteiger partial charge in [-0.1, -0.05) is 48.5 Å². The third-order valence-electron chi connectivity index (χ3n) is 6.85. The van der Waals surface area contributed by atoms with Gasteiger partial charge in [-0.3, -0.25) is 14.4 Å². The van der Waals surface area contributed by atoms with Crippen LogP contribution in [0.3, 0.4) is 0 Å². The fourth-order valence-electron chi connectivity index (χ4n) is 4.43. The fourth-order valence-corrected chi connectivity index (χ4v) is 6.07. The Morgan fingerprint density at radius 1 is 0.851 bits per heavy atom. The molecule has 11 heteroatoms. The van der Waals surface area contributed by atoms with Crippen LogP contribution in [0.2, 0.25) is 0 Å². The lowest BCUT2D eigenvalue weighted by atomic mass is 10.1. The average Bonchev–Trinajstić information content (AvgIpc) is 3.56. The van der Waals surface area contributed by atoms with Crippen LogP contribution in [-0.2, 0) is 9.59 Å². The van der Waals surface area contributed by atoms with Crippen LogP contribution in [0.1, 0.15) is 22.8 Å². The van der Waals surface area contributed by atoms with Crippen molar-refractivity contribution in [2.24, 2.45) is 0 Å². The predicted octanol–water partition coefficient (Wildman–Crippen LogP) is 7.36. The third-order valence-corrected chi connectivity index (χ3v) is 8.70. The molecule has 238 valence electrons. The Balaban J connectivity index is 1.26. The monoisotopic (exact) mass is 664 g/mol. The summed E-state index contributed by atoms with van der Waals surface area (Å²) in [6, 6.07) is 30.5. The van der Waals surface area contributed by atoms with Gasteiger partial charge >= 0.3 is 0 Å². The summed E-state index contributed by atoms with van der Waals surface area (Å²) in [5.74, 6) is 0.239. The average molecular weight is 665 g/mol. The molecule has 1 atom stereocenters. The van der Waals surface area contributed by atoms with Gasteiger partial charge in [-0.2, -0.15) is 0 Å². The normalized spacial score (nSPS) is 11.7. The van der Waals surface area contributed by atoms with E-state index in [2.05, 4.69) is 20.9 Å². The number of ether oxygens (including phenoxy) is 2. The van der Waals surface area contributed by atoms with E-state index in [0.29, 0.717) is 39.1 Å². The first-order chi connectivity index (χ1) is 22.8. The standard InChI is InChI=1S/C36H32N4O5S2/c1-23(33(41)40-36-39-31(22-46-36)29-14-7-8-15-32(29)45-3)47-28-13-9-12-26(21-28)37-35(43)30(20-24-16-18-27(44-2)19-17-24)38-34(42)25-10-5-4-6-11-25/h4-23H,1-3H3,(H,37,43)(H,38,42)(H,39,40,41)/b30-20+. The molecule has 1 heterocycles. The minimum Gasteiger partial charge on any atom is -0.497 e. The van der Waals surface area contributed by atoms with Crippen molar-refractivity contribution in [3.63, 3.8) is 0 Å². The molecule has 1 aromatic heterocycles. The molecule has 3 amide bonds. The first kappa shape index (κ1) is 33.0. The molecule has 0 aliphatic heterocycles. The lowest BCUT2D eigenvalue weighted by Gasteiger charge is -2.14. The Bertz CT molecular complexity index is 1890. The molecule has 0 aliphatic carbocycles. The van der Waals surface area contributed by atoms with Crippen LogP contribution in [0, 0.1) is 0 Å². The number of aromatic nitrogens is 1. The quantitative estimate of drug-likeness (QED) is 0.0943. The highest BCUT2D eigenvalue weighted by Crippen LogP contribution is 2.33. The van der Waals surface area contributed by atoms with Crippen LogP contribution in [0.15, 0.2) is 119 Å². The molecule has 0 bridgehead atoms. The summed E-state index contributed by atoms with van der Waals surface area (Å²) < 4.78 is 10.7. The summed E-state index contributed by atoms with van der Waals surface area (Å²) in [5.41, 5.74) is 3.24. The van der Waals surface area contributed by atoms with Crippen molar-refractivity contribution in [2.75, 3.05) is 24.9 Å². The topological polar surface area (TPSA) is 119 Å². The lowest BCUT2D eigenvalue weighted by molar-refractivity contribution is -0.115. The second kappa shape index (κ2) is 15.7. The summed E-state index contributed by atoms with van der Waals surface area (Å²) in [6.45, 7) is 1.80. The van der Waals surface area contributed by atoms with Gasteiger partial charge in [0.2, 0.25) is 5.91 Å². The summed E-state index contributed by atoms with van der Waals surface area (Å²) >= 11 is 2.68. The second-order valence-electron chi connectivity index (χ2n) is 10.1. The number of carbonyl (C=O) groups is 3. The van der Waals surface area contributed by atoms with Gasteiger partial charge in [0.25, 0.3) is 11.8 Å². The molecule has 5 aromatic rings. The van der Waals surface area contributed by atoms with Crippen LogP contribution in [-0.4, -0.2) is 42.2 Å². The Morgan fingerprint density at radius 2 is 1.60 bits per heavy atom. The second-order valence-corrected chi connectivity index (χ2v) is 12.4. The Morgan fingerprint density at radius 3 is 2.34 bits per heavy atom. The zero-order valence-corrected chi connectivity index (χ0v) is 27.5. The number of hydrogen-bond acceptors (Lipinski definition) is 8. The highest BCUT2D eigenvalue weighted by molar-refractivity contribution is 8.00. The van der Waals surface area contributed by atoms with Crippen molar-refractivity contribution < 1.29 is 23.9 Å². The van der Waals surface area contributed by atoms with E-state index in [9.17, 15) is 14.4 Å². The molecule has 47 heavy (non-hydrogen) atoms. The number of anilines is 2. The number of benzene rings is 4. The molecule has 4 aromatic carbocycles. The molecule has 0 saturated carbocycles. The fraction of sp³-hybridized carbons (Fsp3) is 0.111. The van der Waals surface area contributed by atoms with Gasteiger partial charge in [0.1, 0.15) is 17.2 Å². The number of nitrogens with zero attached hydrogens (tertiary/aromatic N) is 1. The van der Waals surface area contributed by atoms with Gasteiger partial charge in [-0.05, 0) is 73.2 Å². The molecule has 1 unspecified atom stereocenters. The number of amides is 3. The maximum absolute atomic E-state index is 13.5. The molecule has 0 radical (unpaired) electrons. The number of thioether (sulfide) groups is 1. The van der Waals surface area contributed by atoms with Crippen molar-refractivity contribution in [3.8, 4) is 22.8 Å². The Kier molecular flexibility index (Phi) is 11.1. The van der Waals surface area contributed by atoms with E-state index in [-0.39, 0.29) is 11.6 Å². The van der Waals surface area contributed by atoms with Crippen LogP contribution < -0.4 is 25.4 Å². The van der Waals surface area contributed by atoms with Crippen LogP contribution >= 0.6 is 23.1 Å². The largest absolute Gasteiger partial charge is 0.497 e. The first-order valence-corrected chi connectivity index (χ1v) is 16.3. The highest BCUT2D eigenvalue weighted by Gasteiger charge is 2.19. The zero-order valence-electron chi connectivity index (χ0n) is 25.9. The van der Waals surface area contributed by atoms with Gasteiger partial charge in [-0.15, -0.1) is 23.1 Å². The van der Waals surface area contributed by atoms with E-state index in [0.717, 1.165) is 10.5 Å². The summed E-state index contributed by atoms with van der Waals surface area (Å²) in [5, 5.41) is 10.4. The minimum atomic E-state index is -0.507. The van der Waals surface area contributed by atoms with Crippen molar-refractivity contribution in [1.29, 1.82) is 0 Å². The van der Waals surface area contributed by atoms with Gasteiger partial charge in [0.05, 0.1) is 25.2 Å². The first-order valence-electron chi connectivity index (χ1n) is 14.5. The van der Waals surface area contributed by atoms with Gasteiger partial charge in [0.15, 0.2) is 5.13 Å². The summed E-state index contributed by atoms with van der Waals surface area (Å²) in [6.07, 6.45) is 1.60. The molecule has 5 rings (SSSR count). The number of rotatable bonds is 12. The molecule has 0 spiro atoms. The van der Waals surface area contributed by atoms with E-state index in [4.69, 9.17) is 9.47 Å². The van der Waals surface area contributed by atoms with E-state index >= 15 is 0 Å². The lowest BCUT2D eigenvalue weighted by Crippen LogP contribution is -2.30. The molecule has 0 fully saturated rings. The Hall–Kier alpha value is -5.39. The van der Waals surface area contributed by atoms with Crippen LogP contribution in [0.4, 0.5) is 10.8 Å². The van der Waals surface area contributed by atoms with Gasteiger partial charge in [-0.25, -0.2) is 4.98 Å². The number of thiazole rings is 1. The summed E-state index contributed by atoms with van der Waals surface area (Å²) in [7, 11) is 3.18. The van der Waals surface area contributed by atoms with E-state index in [1.54, 1.807) is 93.9 Å². The molecular weight excluding hydrogens is 633 g/mol. The number of hydrogen-bond donors (Lipinski definition) is 3. The maximum Gasteiger partial charge on any atom is 0.272 e. The van der Waals surface area contributed by atoms with Gasteiger partial charge < -0.3 is 25.4 Å². The molecular formula is C36H32N4O5S2. The van der Waals surface area contributed by atoms with Crippen molar-refractivity contribution in [1.82, 2.24) is 10.3 Å². The molecule has 9 nitrogen and oxygen atoms in total. The molecule has 3 N–H and O–H groups in total. The maximum atomic E-state index is 13.5. The highest BCUT2D eigenvalue weighted by atomic mass is 32.2. The Labute approximate surface area is 281 Å². The zero-order chi connectivity index (χ0) is 33.2. The van der Waals surface area contributed by atoms with Gasteiger partial charge in [0, 0.05) is 27.1 Å². The smallest absolute Gasteiger partial charge is 0.272 e. The SMILES string of the molecule is COc1ccc(/C=C(/NC(=O)c2ccccc2)C(=O)Nc2cccc(SC(C)C(=O)Nc3nc(-c4ccccc4OC)cs3)c2)cc1. The number of para-hydroxylation sites is 1. The van der Waals surface area contributed by atoms with E-state index in [1.165, 1.54) is 23.1 Å². The minimum absolute atomic E-state index is 0.0609. The van der Waals surface area contributed by atoms with Crippen LogP contribution in [0.25, 0.3) is 17.3 Å². The van der Waals surface area contributed by atoms with Crippen LogP contribution in [0.5, 0.6) is 11.5 Å². The predicted molar refractivity (Wildman–Crippen MR) is 188 cm³/mol. The van der Waals surface area contributed by atoms with Crippen molar-refractivity contribution in [2.45, 2.75) is 17.1 Å². The number of nitrogens with one attached hydrogen (secondary N) is 3.